The van der Waals surface area contributed by atoms with Gasteiger partial charge in [-0.15, -0.1) is 0 Å². The van der Waals surface area contributed by atoms with Gasteiger partial charge in [-0.2, -0.15) is 0 Å². The van der Waals surface area contributed by atoms with Gasteiger partial charge in [0.2, 0.25) is 0 Å². The zero-order valence-corrected chi connectivity index (χ0v) is 8.15. The zero-order chi connectivity index (χ0) is 9.64. The summed E-state index contributed by atoms with van der Waals surface area (Å²) < 4.78 is 5.38. The number of rotatable bonds is 3. The highest BCUT2D eigenvalue weighted by molar-refractivity contribution is 5.01. The van der Waals surface area contributed by atoms with Gasteiger partial charge in [0.15, 0.2) is 0 Å². The summed E-state index contributed by atoms with van der Waals surface area (Å²) in [6.07, 6.45) is 7.58. The van der Waals surface area contributed by atoms with Crippen molar-refractivity contribution in [3.8, 4) is 0 Å². The number of nitrogens with zero attached hydrogens (tertiary/aromatic N) is 2. The first-order valence-corrected chi connectivity index (χ1v) is 5.00. The van der Waals surface area contributed by atoms with Crippen LogP contribution in [0, 0.1) is 0 Å². The van der Waals surface area contributed by atoms with Gasteiger partial charge in [0, 0.05) is 37.2 Å². The molecule has 1 atom stereocenters. The molecule has 4 nitrogen and oxygen atoms in total. The van der Waals surface area contributed by atoms with Crippen molar-refractivity contribution in [2.24, 2.45) is 0 Å². The van der Waals surface area contributed by atoms with Crippen LogP contribution in [0.2, 0.25) is 0 Å². The minimum atomic E-state index is 0.490. The highest BCUT2D eigenvalue weighted by Gasteiger charge is 2.12. The van der Waals surface area contributed by atoms with Crippen LogP contribution in [0.5, 0.6) is 0 Å². The lowest BCUT2D eigenvalue weighted by molar-refractivity contribution is 0.0699. The Morgan fingerprint density at radius 2 is 2.29 bits per heavy atom. The standard InChI is InChI=1S/C10H15N3O/c1-2-10(7-14-3-1)13-6-9-4-11-8-12-5-9/h4-5,8,10,13H,1-3,6-7H2/t10-/m0/s1. The molecular weight excluding hydrogens is 178 g/mol. The summed E-state index contributed by atoms with van der Waals surface area (Å²) in [5.41, 5.74) is 1.12. The first kappa shape index (κ1) is 9.55. The first-order chi connectivity index (χ1) is 6.95. The predicted octanol–water partition coefficient (Wildman–Crippen LogP) is 0.745. The van der Waals surface area contributed by atoms with Crippen LogP contribution in [0.3, 0.4) is 0 Å². The molecule has 1 fully saturated rings. The molecule has 0 radical (unpaired) electrons. The number of aromatic nitrogens is 2. The van der Waals surface area contributed by atoms with Crippen LogP contribution >= 0.6 is 0 Å². The van der Waals surface area contributed by atoms with E-state index < -0.39 is 0 Å². The van der Waals surface area contributed by atoms with E-state index in [2.05, 4.69) is 15.3 Å². The number of ether oxygens (including phenoxy) is 1. The van der Waals surface area contributed by atoms with Gasteiger partial charge in [-0.1, -0.05) is 0 Å². The van der Waals surface area contributed by atoms with E-state index in [1.165, 1.54) is 6.42 Å². The fourth-order valence-electron chi connectivity index (χ4n) is 1.59. The summed E-state index contributed by atoms with van der Waals surface area (Å²) in [7, 11) is 0. The highest BCUT2D eigenvalue weighted by atomic mass is 16.5. The summed E-state index contributed by atoms with van der Waals surface area (Å²) in [4.78, 5) is 7.93. The van der Waals surface area contributed by atoms with Gasteiger partial charge in [0.25, 0.3) is 0 Å². The van der Waals surface area contributed by atoms with Crippen LogP contribution in [-0.4, -0.2) is 29.2 Å². The molecular formula is C10H15N3O. The van der Waals surface area contributed by atoms with Crippen LogP contribution < -0.4 is 5.32 Å². The fourth-order valence-corrected chi connectivity index (χ4v) is 1.59. The monoisotopic (exact) mass is 193 g/mol. The molecule has 2 rings (SSSR count). The van der Waals surface area contributed by atoms with Crippen LogP contribution in [0.15, 0.2) is 18.7 Å². The van der Waals surface area contributed by atoms with Crippen LogP contribution in [0.25, 0.3) is 0 Å². The number of nitrogens with one attached hydrogen (secondary N) is 1. The van der Waals surface area contributed by atoms with Crippen LogP contribution in [0.1, 0.15) is 18.4 Å². The Bertz CT molecular complexity index is 259. The molecule has 1 saturated heterocycles. The molecule has 1 aromatic heterocycles. The van der Waals surface area contributed by atoms with Crippen molar-refractivity contribution in [2.75, 3.05) is 13.2 Å². The van der Waals surface area contributed by atoms with Crippen molar-refractivity contribution >= 4 is 0 Å². The lowest BCUT2D eigenvalue weighted by atomic mass is 10.1. The van der Waals surface area contributed by atoms with E-state index in [4.69, 9.17) is 4.74 Å². The fraction of sp³-hybridized carbons (Fsp3) is 0.600. The first-order valence-electron chi connectivity index (χ1n) is 5.00. The van der Waals surface area contributed by atoms with Gasteiger partial charge in [-0.3, -0.25) is 0 Å². The lowest BCUT2D eigenvalue weighted by Crippen LogP contribution is -2.36. The van der Waals surface area contributed by atoms with Gasteiger partial charge in [-0.25, -0.2) is 9.97 Å². The van der Waals surface area contributed by atoms with E-state index in [1.807, 2.05) is 12.4 Å². The van der Waals surface area contributed by atoms with E-state index in [0.29, 0.717) is 6.04 Å². The average molecular weight is 193 g/mol. The molecule has 0 saturated carbocycles. The maximum atomic E-state index is 5.38. The summed E-state index contributed by atoms with van der Waals surface area (Å²) in [5, 5.41) is 3.43. The molecule has 0 spiro atoms. The lowest BCUT2D eigenvalue weighted by Gasteiger charge is -2.23. The molecule has 0 aliphatic carbocycles. The van der Waals surface area contributed by atoms with Crippen molar-refractivity contribution in [3.05, 3.63) is 24.3 Å². The SMILES string of the molecule is c1ncc(CN[C@H]2CCCOC2)cn1. The van der Waals surface area contributed by atoms with E-state index in [9.17, 15) is 0 Å². The van der Waals surface area contributed by atoms with Gasteiger partial charge >= 0.3 is 0 Å². The number of hydrogen-bond acceptors (Lipinski definition) is 4. The van der Waals surface area contributed by atoms with Crippen LogP contribution in [-0.2, 0) is 11.3 Å². The Morgan fingerprint density at radius 3 is 3.00 bits per heavy atom. The van der Waals surface area contributed by atoms with Crippen molar-refractivity contribution in [2.45, 2.75) is 25.4 Å². The largest absolute Gasteiger partial charge is 0.380 e. The maximum Gasteiger partial charge on any atom is 0.115 e. The second-order valence-corrected chi connectivity index (χ2v) is 3.54. The molecule has 0 bridgehead atoms. The Balaban J connectivity index is 1.76. The molecule has 0 amide bonds. The van der Waals surface area contributed by atoms with E-state index in [1.54, 1.807) is 6.33 Å². The molecule has 0 unspecified atom stereocenters. The van der Waals surface area contributed by atoms with E-state index in [-0.39, 0.29) is 0 Å². The Labute approximate surface area is 83.7 Å². The molecule has 4 heteroatoms. The van der Waals surface area contributed by atoms with E-state index in [0.717, 1.165) is 31.7 Å². The Hall–Kier alpha value is -1.00. The summed E-state index contributed by atoms with van der Waals surface area (Å²) in [6, 6.07) is 0.490. The minimum Gasteiger partial charge on any atom is -0.380 e. The second kappa shape index (κ2) is 5.02. The Kier molecular flexibility index (Phi) is 3.43. The molecule has 1 aliphatic heterocycles. The van der Waals surface area contributed by atoms with Gasteiger partial charge < -0.3 is 10.1 Å². The molecule has 14 heavy (non-hydrogen) atoms. The summed E-state index contributed by atoms with van der Waals surface area (Å²) in [5.74, 6) is 0. The summed E-state index contributed by atoms with van der Waals surface area (Å²) >= 11 is 0. The molecule has 1 aromatic rings. The molecule has 2 heterocycles. The van der Waals surface area contributed by atoms with Gasteiger partial charge in [0.1, 0.15) is 6.33 Å². The molecule has 76 valence electrons. The number of hydrogen-bond donors (Lipinski definition) is 1. The third-order valence-electron chi connectivity index (χ3n) is 2.37. The Morgan fingerprint density at radius 1 is 1.43 bits per heavy atom. The third-order valence-corrected chi connectivity index (χ3v) is 2.37. The topological polar surface area (TPSA) is 47.0 Å². The van der Waals surface area contributed by atoms with Crippen LogP contribution in [0.4, 0.5) is 0 Å². The molecule has 0 aromatic carbocycles. The maximum absolute atomic E-state index is 5.38. The van der Waals surface area contributed by atoms with Crippen molar-refractivity contribution < 1.29 is 4.74 Å². The average Bonchev–Trinajstić information content (AvgIpc) is 2.29. The van der Waals surface area contributed by atoms with Gasteiger partial charge in [0.05, 0.1) is 6.61 Å². The quantitative estimate of drug-likeness (QED) is 0.769. The highest BCUT2D eigenvalue weighted by Crippen LogP contribution is 2.06. The van der Waals surface area contributed by atoms with Crippen molar-refractivity contribution in [1.82, 2.24) is 15.3 Å². The predicted molar refractivity (Wildman–Crippen MR) is 52.7 cm³/mol. The van der Waals surface area contributed by atoms with E-state index >= 15 is 0 Å². The molecule has 1 N–H and O–H groups in total. The normalized spacial score (nSPS) is 22.1. The summed E-state index contributed by atoms with van der Waals surface area (Å²) in [6.45, 7) is 2.56. The van der Waals surface area contributed by atoms with Crippen molar-refractivity contribution in [3.63, 3.8) is 0 Å². The minimum absolute atomic E-state index is 0.490. The third kappa shape index (κ3) is 2.75. The second-order valence-electron chi connectivity index (χ2n) is 3.54. The van der Waals surface area contributed by atoms with Crippen molar-refractivity contribution in [1.29, 1.82) is 0 Å². The zero-order valence-electron chi connectivity index (χ0n) is 8.15. The van der Waals surface area contributed by atoms with Gasteiger partial charge in [-0.05, 0) is 12.8 Å². The smallest absolute Gasteiger partial charge is 0.115 e. The molecule has 1 aliphatic rings.